The molecule has 19 heavy (non-hydrogen) atoms. The summed E-state index contributed by atoms with van der Waals surface area (Å²) in [6, 6.07) is 16.0. The number of hydrogen-bond donors (Lipinski definition) is 1. The van der Waals surface area contributed by atoms with Gasteiger partial charge in [-0.3, -0.25) is 0 Å². The van der Waals surface area contributed by atoms with E-state index in [1.807, 2.05) is 36.4 Å². The summed E-state index contributed by atoms with van der Waals surface area (Å²) in [5.74, 6) is 0.864. The number of nitrogens with two attached hydrogens (primary N) is 1. The smallest absolute Gasteiger partial charge is 0.120 e. The van der Waals surface area contributed by atoms with Crippen molar-refractivity contribution in [3.05, 3.63) is 59.7 Å². The first-order valence-corrected chi connectivity index (χ1v) is 6.53. The Morgan fingerprint density at radius 2 is 1.68 bits per heavy atom. The maximum atomic E-state index is 6.03. The van der Waals surface area contributed by atoms with E-state index >= 15 is 0 Å². The van der Waals surface area contributed by atoms with Crippen LogP contribution < -0.4 is 10.5 Å². The molecule has 2 N–H and O–H groups in total. The van der Waals surface area contributed by atoms with Crippen LogP contribution in [0.25, 0.3) is 0 Å². The first-order valence-electron chi connectivity index (χ1n) is 6.53. The molecule has 0 aliphatic carbocycles. The monoisotopic (exact) mass is 255 g/mol. The van der Waals surface area contributed by atoms with Crippen LogP contribution in [0.3, 0.4) is 0 Å². The summed E-state index contributed by atoms with van der Waals surface area (Å²) in [6.45, 7) is 7.04. The molecular formula is C17H21NO. The zero-order chi connectivity index (χ0) is 13.9. The molecule has 2 rings (SSSR count). The van der Waals surface area contributed by atoms with Gasteiger partial charge >= 0.3 is 0 Å². The molecule has 0 saturated carbocycles. The molecule has 0 amide bonds. The Bertz CT molecular complexity index is 541. The van der Waals surface area contributed by atoms with Crippen LogP contribution in [0.15, 0.2) is 48.5 Å². The average Bonchev–Trinajstić information content (AvgIpc) is 2.37. The lowest BCUT2D eigenvalue weighted by atomic mass is 9.86. The number of nitrogen functional groups attached to an aromatic ring is 1. The van der Waals surface area contributed by atoms with Crippen molar-refractivity contribution in [1.29, 1.82) is 0 Å². The molecule has 0 radical (unpaired) electrons. The van der Waals surface area contributed by atoms with Gasteiger partial charge in [0.15, 0.2) is 0 Å². The Hall–Kier alpha value is -1.96. The van der Waals surface area contributed by atoms with Crippen molar-refractivity contribution in [2.24, 2.45) is 0 Å². The second-order valence-corrected chi connectivity index (χ2v) is 5.77. The lowest BCUT2D eigenvalue weighted by molar-refractivity contribution is 0.305. The molecule has 0 fully saturated rings. The molecular weight excluding hydrogens is 234 g/mol. The minimum Gasteiger partial charge on any atom is -0.489 e. The zero-order valence-corrected chi connectivity index (χ0v) is 11.8. The van der Waals surface area contributed by atoms with Crippen LogP contribution in [0, 0.1) is 0 Å². The number of hydrogen-bond acceptors (Lipinski definition) is 2. The van der Waals surface area contributed by atoms with Gasteiger partial charge in [0.05, 0.1) is 0 Å². The highest BCUT2D eigenvalue weighted by Gasteiger charge is 2.17. The molecule has 0 spiro atoms. The van der Waals surface area contributed by atoms with Crippen molar-refractivity contribution in [3.63, 3.8) is 0 Å². The SMILES string of the molecule is CC(C)(C)c1cc(OCc2ccccc2)ccc1N. The Morgan fingerprint density at radius 1 is 1.00 bits per heavy atom. The fourth-order valence-corrected chi connectivity index (χ4v) is 2.02. The molecule has 0 aromatic heterocycles. The van der Waals surface area contributed by atoms with Crippen molar-refractivity contribution in [3.8, 4) is 5.75 Å². The fraction of sp³-hybridized carbons (Fsp3) is 0.294. The number of ether oxygens (including phenoxy) is 1. The molecule has 0 aliphatic heterocycles. The number of anilines is 1. The Morgan fingerprint density at radius 3 is 2.32 bits per heavy atom. The standard InChI is InChI=1S/C17H21NO/c1-17(2,3)15-11-14(9-10-16(15)18)19-12-13-7-5-4-6-8-13/h4-11H,12,18H2,1-3H3. The summed E-state index contributed by atoms with van der Waals surface area (Å²) in [4.78, 5) is 0. The van der Waals surface area contributed by atoms with Gasteiger partial charge in [0.2, 0.25) is 0 Å². The minimum absolute atomic E-state index is 0.0240. The maximum Gasteiger partial charge on any atom is 0.120 e. The van der Waals surface area contributed by atoms with Crippen molar-refractivity contribution in [2.45, 2.75) is 32.8 Å². The van der Waals surface area contributed by atoms with Gasteiger partial charge in [-0.1, -0.05) is 51.1 Å². The molecule has 2 aromatic carbocycles. The highest BCUT2D eigenvalue weighted by Crippen LogP contribution is 2.31. The molecule has 2 aromatic rings. The van der Waals surface area contributed by atoms with E-state index in [-0.39, 0.29) is 5.41 Å². The van der Waals surface area contributed by atoms with E-state index in [9.17, 15) is 0 Å². The molecule has 2 heteroatoms. The maximum absolute atomic E-state index is 6.03. The van der Waals surface area contributed by atoms with E-state index in [1.54, 1.807) is 0 Å². The lowest BCUT2D eigenvalue weighted by Crippen LogP contribution is -2.14. The van der Waals surface area contributed by atoms with Crippen molar-refractivity contribution in [1.82, 2.24) is 0 Å². The van der Waals surface area contributed by atoms with Gasteiger partial charge in [-0.2, -0.15) is 0 Å². The minimum atomic E-state index is 0.0240. The summed E-state index contributed by atoms with van der Waals surface area (Å²) in [5.41, 5.74) is 9.16. The lowest BCUT2D eigenvalue weighted by Gasteiger charge is -2.22. The van der Waals surface area contributed by atoms with Crippen molar-refractivity contribution in [2.75, 3.05) is 5.73 Å². The zero-order valence-electron chi connectivity index (χ0n) is 11.8. The first kappa shape index (κ1) is 13.5. The van der Waals surface area contributed by atoms with Crippen molar-refractivity contribution >= 4 is 5.69 Å². The van der Waals surface area contributed by atoms with Gasteiger partial charge in [-0.15, -0.1) is 0 Å². The molecule has 0 bridgehead atoms. The third-order valence-corrected chi connectivity index (χ3v) is 3.08. The van der Waals surface area contributed by atoms with Crippen LogP contribution in [0.5, 0.6) is 5.75 Å². The molecule has 0 aliphatic rings. The largest absolute Gasteiger partial charge is 0.489 e. The predicted octanol–water partition coefficient (Wildman–Crippen LogP) is 4.15. The molecule has 0 unspecified atom stereocenters. The van der Waals surface area contributed by atoms with E-state index < -0.39 is 0 Å². The van der Waals surface area contributed by atoms with Gasteiger partial charge in [0.1, 0.15) is 12.4 Å². The second kappa shape index (κ2) is 5.35. The van der Waals surface area contributed by atoms with Gasteiger partial charge in [0.25, 0.3) is 0 Å². The summed E-state index contributed by atoms with van der Waals surface area (Å²) in [7, 11) is 0. The van der Waals surface area contributed by atoms with Gasteiger partial charge in [-0.05, 0) is 34.7 Å². The van der Waals surface area contributed by atoms with Crippen LogP contribution in [-0.4, -0.2) is 0 Å². The van der Waals surface area contributed by atoms with Crippen LogP contribution in [0.4, 0.5) is 5.69 Å². The Kier molecular flexibility index (Phi) is 3.79. The molecule has 0 saturated heterocycles. The predicted molar refractivity (Wildman–Crippen MR) is 80.3 cm³/mol. The summed E-state index contributed by atoms with van der Waals surface area (Å²) in [5, 5.41) is 0. The number of rotatable bonds is 3. The highest BCUT2D eigenvalue weighted by atomic mass is 16.5. The third-order valence-electron chi connectivity index (χ3n) is 3.08. The summed E-state index contributed by atoms with van der Waals surface area (Å²) in [6.07, 6.45) is 0. The topological polar surface area (TPSA) is 35.2 Å². The molecule has 2 nitrogen and oxygen atoms in total. The average molecular weight is 255 g/mol. The van der Waals surface area contributed by atoms with Gasteiger partial charge in [0, 0.05) is 5.69 Å². The Labute approximate surface area is 115 Å². The third kappa shape index (κ3) is 3.50. The van der Waals surface area contributed by atoms with E-state index in [0.29, 0.717) is 6.61 Å². The van der Waals surface area contributed by atoms with E-state index in [2.05, 4.69) is 32.9 Å². The second-order valence-electron chi connectivity index (χ2n) is 5.77. The van der Waals surface area contributed by atoms with E-state index in [4.69, 9.17) is 10.5 Å². The molecule has 100 valence electrons. The first-order chi connectivity index (χ1) is 8.97. The van der Waals surface area contributed by atoms with E-state index in [1.165, 1.54) is 0 Å². The summed E-state index contributed by atoms with van der Waals surface area (Å²) >= 11 is 0. The van der Waals surface area contributed by atoms with Gasteiger partial charge < -0.3 is 10.5 Å². The molecule has 0 heterocycles. The molecule has 0 atom stereocenters. The Balaban J connectivity index is 2.14. The van der Waals surface area contributed by atoms with Crippen LogP contribution in [0.2, 0.25) is 0 Å². The number of benzene rings is 2. The summed E-state index contributed by atoms with van der Waals surface area (Å²) < 4.78 is 5.83. The van der Waals surface area contributed by atoms with Crippen LogP contribution in [0.1, 0.15) is 31.9 Å². The quantitative estimate of drug-likeness (QED) is 0.836. The highest BCUT2D eigenvalue weighted by molar-refractivity contribution is 5.53. The van der Waals surface area contributed by atoms with Crippen LogP contribution >= 0.6 is 0 Å². The fourth-order valence-electron chi connectivity index (χ4n) is 2.02. The van der Waals surface area contributed by atoms with Crippen molar-refractivity contribution < 1.29 is 4.74 Å². The van der Waals surface area contributed by atoms with Gasteiger partial charge in [-0.25, -0.2) is 0 Å². The normalized spacial score (nSPS) is 11.3. The van der Waals surface area contributed by atoms with E-state index in [0.717, 1.165) is 22.6 Å². The van der Waals surface area contributed by atoms with Crippen LogP contribution in [-0.2, 0) is 12.0 Å².